The van der Waals surface area contributed by atoms with Gasteiger partial charge < -0.3 is 10.3 Å². The Bertz CT molecular complexity index is 732. The van der Waals surface area contributed by atoms with Crippen LogP contribution in [0.2, 0.25) is 0 Å². The van der Waals surface area contributed by atoms with Gasteiger partial charge in [-0.05, 0) is 13.0 Å². The van der Waals surface area contributed by atoms with Gasteiger partial charge in [-0.25, -0.2) is 13.4 Å². The molecular weight excluding hydrogens is 296 g/mol. The molecule has 0 radical (unpaired) electrons. The number of hydrogen-bond donors (Lipinski definition) is 1. The zero-order valence-electron chi connectivity index (χ0n) is 11.1. The molecule has 0 amide bonds. The largest absolute Gasteiger partial charge is 0.333 e. The first-order valence-electron chi connectivity index (χ1n) is 6.32. The van der Waals surface area contributed by atoms with Crippen LogP contribution in [0.3, 0.4) is 0 Å². The third-order valence-electron chi connectivity index (χ3n) is 3.45. The van der Waals surface area contributed by atoms with Crippen LogP contribution in [-0.4, -0.2) is 28.8 Å². The molecule has 8 heteroatoms. The van der Waals surface area contributed by atoms with E-state index in [9.17, 15) is 8.42 Å². The van der Waals surface area contributed by atoms with E-state index < -0.39 is 10.0 Å². The van der Waals surface area contributed by atoms with Crippen molar-refractivity contribution >= 4 is 21.4 Å². The number of rotatable bonds is 3. The maximum absolute atomic E-state index is 12.7. The Labute approximate surface area is 121 Å². The van der Waals surface area contributed by atoms with Crippen molar-refractivity contribution < 1.29 is 8.42 Å². The molecule has 0 saturated heterocycles. The van der Waals surface area contributed by atoms with Crippen molar-refractivity contribution in [2.24, 2.45) is 5.73 Å². The third-order valence-corrected chi connectivity index (χ3v) is 6.63. The molecule has 108 valence electrons. The van der Waals surface area contributed by atoms with Crippen molar-refractivity contribution in [3.05, 3.63) is 34.0 Å². The molecule has 3 rings (SSSR count). The summed E-state index contributed by atoms with van der Waals surface area (Å²) in [5, 5.41) is 0. The second kappa shape index (κ2) is 4.96. The first-order valence-corrected chi connectivity index (χ1v) is 8.57. The van der Waals surface area contributed by atoms with E-state index in [0.717, 1.165) is 15.6 Å². The predicted octanol–water partition coefficient (Wildman–Crippen LogP) is 0.916. The Morgan fingerprint density at radius 2 is 2.25 bits per heavy atom. The summed E-state index contributed by atoms with van der Waals surface area (Å²) in [6.07, 6.45) is 3.58. The average molecular weight is 312 g/mol. The van der Waals surface area contributed by atoms with Gasteiger partial charge in [-0.15, -0.1) is 11.3 Å². The minimum absolute atomic E-state index is 0.322. The molecule has 0 unspecified atom stereocenters. The van der Waals surface area contributed by atoms with E-state index in [2.05, 4.69) is 4.98 Å². The third kappa shape index (κ3) is 2.18. The number of fused-ring (bicyclic) bond motifs is 1. The van der Waals surface area contributed by atoms with E-state index in [4.69, 9.17) is 5.73 Å². The van der Waals surface area contributed by atoms with Gasteiger partial charge >= 0.3 is 0 Å². The molecule has 20 heavy (non-hydrogen) atoms. The van der Waals surface area contributed by atoms with Crippen LogP contribution in [0.5, 0.6) is 0 Å². The average Bonchev–Trinajstić information content (AvgIpc) is 3.03. The van der Waals surface area contributed by atoms with Crippen LogP contribution < -0.4 is 5.73 Å². The van der Waals surface area contributed by atoms with E-state index in [1.54, 1.807) is 12.3 Å². The number of nitrogens with zero attached hydrogens (tertiary/aromatic N) is 3. The van der Waals surface area contributed by atoms with Gasteiger partial charge in [-0.3, -0.25) is 0 Å². The van der Waals surface area contributed by atoms with Gasteiger partial charge in [0.2, 0.25) is 10.0 Å². The fourth-order valence-corrected chi connectivity index (χ4v) is 5.25. The van der Waals surface area contributed by atoms with Gasteiger partial charge in [-0.1, -0.05) is 0 Å². The summed E-state index contributed by atoms with van der Waals surface area (Å²) < 4.78 is 28.9. The molecule has 0 fully saturated rings. The van der Waals surface area contributed by atoms with Gasteiger partial charge in [-0.2, -0.15) is 4.31 Å². The molecule has 1 aliphatic rings. The Kier molecular flexibility index (Phi) is 3.41. The van der Waals surface area contributed by atoms with Crippen molar-refractivity contribution in [1.29, 1.82) is 0 Å². The summed E-state index contributed by atoms with van der Waals surface area (Å²) in [6, 6.07) is 1.69. The Balaban J connectivity index is 1.95. The number of thiophene rings is 1. The molecule has 0 atom stereocenters. The van der Waals surface area contributed by atoms with E-state index in [0.29, 0.717) is 31.1 Å². The molecule has 2 aromatic heterocycles. The van der Waals surface area contributed by atoms with Gasteiger partial charge in [0.05, 0.1) is 11.4 Å². The molecule has 0 spiro atoms. The molecule has 0 aromatic carbocycles. The SMILES string of the molecule is Cc1sc(CN)cc1S(=O)(=O)N1CCn2ccnc2C1. The normalized spacial score (nSPS) is 16.3. The van der Waals surface area contributed by atoms with Crippen LogP contribution >= 0.6 is 11.3 Å². The zero-order valence-corrected chi connectivity index (χ0v) is 12.7. The first kappa shape index (κ1) is 13.7. The number of aryl methyl sites for hydroxylation is 1. The van der Waals surface area contributed by atoms with Gasteiger partial charge in [0, 0.05) is 41.8 Å². The molecular formula is C12H16N4O2S2. The standard InChI is InChI=1S/C12H16N4O2S2/c1-9-11(6-10(7-13)19-9)20(17,18)16-5-4-15-3-2-14-12(15)8-16/h2-3,6H,4-5,7-8,13H2,1H3. The van der Waals surface area contributed by atoms with E-state index >= 15 is 0 Å². The van der Waals surface area contributed by atoms with Gasteiger partial charge in [0.1, 0.15) is 5.82 Å². The lowest BCUT2D eigenvalue weighted by molar-refractivity contribution is 0.335. The highest BCUT2D eigenvalue weighted by Crippen LogP contribution is 2.29. The summed E-state index contributed by atoms with van der Waals surface area (Å²) in [7, 11) is -3.47. The minimum atomic E-state index is -3.47. The smallest absolute Gasteiger partial charge is 0.244 e. The predicted molar refractivity (Wildman–Crippen MR) is 76.8 cm³/mol. The monoisotopic (exact) mass is 312 g/mol. The highest BCUT2D eigenvalue weighted by Gasteiger charge is 2.31. The van der Waals surface area contributed by atoms with Crippen LogP contribution in [0.25, 0.3) is 0 Å². The fourth-order valence-electron chi connectivity index (χ4n) is 2.38. The minimum Gasteiger partial charge on any atom is -0.333 e. The first-order chi connectivity index (χ1) is 9.52. The Morgan fingerprint density at radius 1 is 1.45 bits per heavy atom. The van der Waals surface area contributed by atoms with E-state index in [1.165, 1.54) is 15.6 Å². The number of aromatic nitrogens is 2. The van der Waals surface area contributed by atoms with Crippen molar-refractivity contribution in [3.8, 4) is 0 Å². The lowest BCUT2D eigenvalue weighted by Crippen LogP contribution is -2.38. The summed E-state index contributed by atoms with van der Waals surface area (Å²) >= 11 is 1.44. The molecule has 2 aromatic rings. The number of nitrogens with two attached hydrogens (primary N) is 1. The van der Waals surface area contributed by atoms with E-state index in [-0.39, 0.29) is 0 Å². The fraction of sp³-hybridized carbons (Fsp3) is 0.417. The molecule has 6 nitrogen and oxygen atoms in total. The summed E-state index contributed by atoms with van der Waals surface area (Å²) in [6.45, 7) is 3.62. The molecule has 3 heterocycles. The molecule has 0 bridgehead atoms. The van der Waals surface area contributed by atoms with Crippen LogP contribution in [0.15, 0.2) is 23.4 Å². The molecule has 0 aliphatic carbocycles. The second-order valence-corrected chi connectivity index (χ2v) is 7.96. The Morgan fingerprint density at radius 3 is 2.95 bits per heavy atom. The number of hydrogen-bond acceptors (Lipinski definition) is 5. The summed E-state index contributed by atoms with van der Waals surface area (Å²) in [5.41, 5.74) is 5.59. The summed E-state index contributed by atoms with van der Waals surface area (Å²) in [4.78, 5) is 6.25. The maximum Gasteiger partial charge on any atom is 0.244 e. The number of sulfonamides is 1. The van der Waals surface area contributed by atoms with Crippen LogP contribution in [0, 0.1) is 6.92 Å². The zero-order chi connectivity index (χ0) is 14.3. The lowest BCUT2D eigenvalue weighted by Gasteiger charge is -2.26. The highest BCUT2D eigenvalue weighted by atomic mass is 32.2. The molecule has 0 saturated carbocycles. The quantitative estimate of drug-likeness (QED) is 0.913. The van der Waals surface area contributed by atoms with Crippen molar-refractivity contribution in [3.63, 3.8) is 0 Å². The van der Waals surface area contributed by atoms with Gasteiger partial charge in [0.25, 0.3) is 0 Å². The van der Waals surface area contributed by atoms with Crippen LogP contribution in [0.1, 0.15) is 15.6 Å². The number of imidazole rings is 1. The lowest BCUT2D eigenvalue weighted by atomic mass is 10.4. The molecule has 1 aliphatic heterocycles. The maximum atomic E-state index is 12.7. The summed E-state index contributed by atoms with van der Waals surface area (Å²) in [5.74, 6) is 0.784. The highest BCUT2D eigenvalue weighted by molar-refractivity contribution is 7.89. The van der Waals surface area contributed by atoms with Crippen LogP contribution in [0.4, 0.5) is 0 Å². The Hall–Kier alpha value is -1.22. The topological polar surface area (TPSA) is 81.2 Å². The molecule has 2 N–H and O–H groups in total. The van der Waals surface area contributed by atoms with E-state index in [1.807, 2.05) is 17.7 Å². The van der Waals surface area contributed by atoms with Crippen molar-refractivity contribution in [2.45, 2.75) is 31.5 Å². The van der Waals surface area contributed by atoms with Crippen molar-refractivity contribution in [2.75, 3.05) is 6.54 Å². The van der Waals surface area contributed by atoms with Gasteiger partial charge in [0.15, 0.2) is 0 Å². The van der Waals surface area contributed by atoms with Crippen molar-refractivity contribution in [1.82, 2.24) is 13.9 Å². The second-order valence-electron chi connectivity index (χ2n) is 4.71. The van der Waals surface area contributed by atoms with Crippen LogP contribution in [-0.2, 0) is 29.7 Å².